The minimum atomic E-state index is -0.813. The van der Waals surface area contributed by atoms with E-state index in [-0.39, 0.29) is 18.2 Å². The molecule has 0 spiro atoms. The topological polar surface area (TPSA) is 85.3 Å². The Balaban J connectivity index is 2.32. The van der Waals surface area contributed by atoms with Gasteiger partial charge in [0.05, 0.1) is 6.54 Å². The minimum Gasteiger partial charge on any atom is -0.455 e. The molecule has 5 nitrogen and oxygen atoms in total. The average molecular weight is 244 g/mol. The van der Waals surface area contributed by atoms with Gasteiger partial charge in [-0.1, -0.05) is 0 Å². The van der Waals surface area contributed by atoms with Gasteiger partial charge in [0.15, 0.2) is 5.76 Å². The van der Waals surface area contributed by atoms with Crippen molar-refractivity contribution in [2.75, 3.05) is 18.6 Å². The van der Waals surface area contributed by atoms with Gasteiger partial charge in [-0.3, -0.25) is 9.00 Å². The summed E-state index contributed by atoms with van der Waals surface area (Å²) >= 11 is 0. The molecule has 0 aliphatic carbocycles. The highest BCUT2D eigenvalue weighted by Crippen LogP contribution is 2.06. The molecule has 1 rings (SSSR count). The second-order valence-electron chi connectivity index (χ2n) is 3.36. The van der Waals surface area contributed by atoms with Gasteiger partial charge < -0.3 is 15.5 Å². The SMILES string of the molecule is CS(=O)CCCNC(=O)c1ccc(CN)o1. The summed E-state index contributed by atoms with van der Waals surface area (Å²) < 4.78 is 15.9. The molecular formula is C10H16N2O3S. The number of amides is 1. The van der Waals surface area contributed by atoms with Gasteiger partial charge in [-0.2, -0.15) is 0 Å². The molecule has 1 heterocycles. The third-order valence-corrected chi connectivity index (χ3v) is 2.84. The molecule has 90 valence electrons. The van der Waals surface area contributed by atoms with Crippen LogP contribution in [0.15, 0.2) is 16.5 Å². The maximum absolute atomic E-state index is 11.5. The summed E-state index contributed by atoms with van der Waals surface area (Å²) in [4.78, 5) is 11.5. The molecule has 1 aromatic rings. The van der Waals surface area contributed by atoms with Crippen LogP contribution in [0, 0.1) is 0 Å². The van der Waals surface area contributed by atoms with Crippen molar-refractivity contribution in [3.05, 3.63) is 23.7 Å². The maximum Gasteiger partial charge on any atom is 0.286 e. The minimum absolute atomic E-state index is 0.262. The summed E-state index contributed by atoms with van der Waals surface area (Å²) in [5.74, 6) is 1.17. The Morgan fingerprint density at radius 1 is 1.56 bits per heavy atom. The highest BCUT2D eigenvalue weighted by atomic mass is 32.2. The molecule has 0 aliphatic heterocycles. The summed E-state index contributed by atoms with van der Waals surface area (Å²) in [6.45, 7) is 0.777. The third kappa shape index (κ3) is 4.16. The van der Waals surface area contributed by atoms with E-state index in [1.165, 1.54) is 0 Å². The first-order chi connectivity index (χ1) is 7.63. The van der Waals surface area contributed by atoms with E-state index in [1.54, 1.807) is 18.4 Å². The first-order valence-corrected chi connectivity index (χ1v) is 6.73. The largest absolute Gasteiger partial charge is 0.455 e. The lowest BCUT2D eigenvalue weighted by Gasteiger charge is -2.01. The lowest BCUT2D eigenvalue weighted by atomic mass is 10.4. The molecule has 1 aromatic heterocycles. The summed E-state index contributed by atoms with van der Waals surface area (Å²) in [6.07, 6.45) is 2.33. The van der Waals surface area contributed by atoms with Crippen molar-refractivity contribution >= 4 is 16.7 Å². The van der Waals surface area contributed by atoms with Crippen molar-refractivity contribution in [2.24, 2.45) is 5.73 Å². The van der Waals surface area contributed by atoms with Crippen molar-refractivity contribution in [3.63, 3.8) is 0 Å². The van der Waals surface area contributed by atoms with E-state index in [9.17, 15) is 9.00 Å². The molecule has 6 heteroatoms. The van der Waals surface area contributed by atoms with Crippen LogP contribution in [0.25, 0.3) is 0 Å². The number of furan rings is 1. The number of nitrogens with two attached hydrogens (primary N) is 1. The predicted octanol–water partition coefficient (Wildman–Crippen LogP) is 0.237. The normalized spacial score (nSPS) is 12.4. The fraction of sp³-hybridized carbons (Fsp3) is 0.500. The molecule has 0 radical (unpaired) electrons. The van der Waals surface area contributed by atoms with Gasteiger partial charge in [0.2, 0.25) is 0 Å². The second kappa shape index (κ2) is 6.44. The van der Waals surface area contributed by atoms with Gasteiger partial charge in [0.25, 0.3) is 5.91 Å². The van der Waals surface area contributed by atoms with Gasteiger partial charge >= 0.3 is 0 Å². The van der Waals surface area contributed by atoms with Crippen molar-refractivity contribution < 1.29 is 13.4 Å². The van der Waals surface area contributed by atoms with Crippen molar-refractivity contribution in [1.29, 1.82) is 0 Å². The number of nitrogens with one attached hydrogen (secondary N) is 1. The van der Waals surface area contributed by atoms with Crippen LogP contribution >= 0.6 is 0 Å². The lowest BCUT2D eigenvalue weighted by molar-refractivity contribution is 0.0924. The van der Waals surface area contributed by atoms with Crippen molar-refractivity contribution in [1.82, 2.24) is 5.32 Å². The standard InChI is InChI=1S/C10H16N2O3S/c1-16(14)6-2-5-12-10(13)9-4-3-8(7-11)15-9/h3-4H,2,5-7,11H2,1H3,(H,12,13). The van der Waals surface area contributed by atoms with E-state index in [2.05, 4.69) is 5.32 Å². The molecule has 1 atom stereocenters. The molecule has 1 amide bonds. The van der Waals surface area contributed by atoms with Crippen LogP contribution in [0.2, 0.25) is 0 Å². The predicted molar refractivity (Wildman–Crippen MR) is 62.5 cm³/mol. The Bertz CT molecular complexity index is 376. The quantitative estimate of drug-likeness (QED) is 0.702. The van der Waals surface area contributed by atoms with Gasteiger partial charge in [0, 0.05) is 29.4 Å². The van der Waals surface area contributed by atoms with E-state index in [0.717, 1.165) is 0 Å². The van der Waals surface area contributed by atoms with Gasteiger partial charge in [-0.05, 0) is 18.6 Å². The molecular weight excluding hydrogens is 228 g/mol. The summed E-state index contributed by atoms with van der Waals surface area (Å²) in [5.41, 5.74) is 5.36. The van der Waals surface area contributed by atoms with Crippen LogP contribution in [0.1, 0.15) is 22.7 Å². The average Bonchev–Trinajstić information content (AvgIpc) is 2.72. The zero-order valence-corrected chi connectivity index (χ0v) is 10.0. The molecule has 0 saturated carbocycles. The first kappa shape index (κ1) is 12.9. The molecule has 0 aliphatic rings. The highest BCUT2D eigenvalue weighted by molar-refractivity contribution is 7.84. The van der Waals surface area contributed by atoms with Crippen LogP contribution in [0.4, 0.5) is 0 Å². The molecule has 0 bridgehead atoms. The Labute approximate surface area is 96.8 Å². The molecule has 3 N–H and O–H groups in total. The van der Waals surface area contributed by atoms with E-state index in [0.29, 0.717) is 24.5 Å². The monoisotopic (exact) mass is 244 g/mol. The number of hydrogen-bond acceptors (Lipinski definition) is 4. The molecule has 0 fully saturated rings. The summed E-state index contributed by atoms with van der Waals surface area (Å²) in [5, 5.41) is 2.68. The first-order valence-electron chi connectivity index (χ1n) is 5.00. The third-order valence-electron chi connectivity index (χ3n) is 1.98. The number of hydrogen-bond donors (Lipinski definition) is 2. The van der Waals surface area contributed by atoms with E-state index in [4.69, 9.17) is 10.2 Å². The van der Waals surface area contributed by atoms with Crippen LogP contribution < -0.4 is 11.1 Å². The Morgan fingerprint density at radius 3 is 2.88 bits per heavy atom. The van der Waals surface area contributed by atoms with Crippen molar-refractivity contribution in [2.45, 2.75) is 13.0 Å². The zero-order chi connectivity index (χ0) is 12.0. The Kier molecular flexibility index (Phi) is 5.21. The smallest absolute Gasteiger partial charge is 0.286 e. The van der Waals surface area contributed by atoms with Crippen LogP contribution in [0.3, 0.4) is 0 Å². The summed E-state index contributed by atoms with van der Waals surface area (Å²) in [6, 6.07) is 3.27. The molecule has 1 unspecified atom stereocenters. The number of rotatable bonds is 6. The molecule has 0 saturated heterocycles. The Morgan fingerprint density at radius 2 is 2.31 bits per heavy atom. The molecule has 16 heavy (non-hydrogen) atoms. The number of carbonyl (C=O) groups is 1. The van der Waals surface area contributed by atoms with Gasteiger partial charge in [-0.25, -0.2) is 0 Å². The fourth-order valence-electron chi connectivity index (χ4n) is 1.17. The van der Waals surface area contributed by atoms with Gasteiger partial charge in [-0.15, -0.1) is 0 Å². The number of carbonyl (C=O) groups excluding carboxylic acids is 1. The van der Waals surface area contributed by atoms with Crippen LogP contribution in [-0.2, 0) is 17.3 Å². The van der Waals surface area contributed by atoms with Crippen molar-refractivity contribution in [3.8, 4) is 0 Å². The van der Waals surface area contributed by atoms with E-state index in [1.807, 2.05) is 0 Å². The Hall–Kier alpha value is -1.14. The second-order valence-corrected chi connectivity index (χ2v) is 4.91. The molecule has 0 aromatic carbocycles. The maximum atomic E-state index is 11.5. The summed E-state index contributed by atoms with van der Waals surface area (Å²) in [7, 11) is -0.813. The van der Waals surface area contributed by atoms with Crippen LogP contribution in [0.5, 0.6) is 0 Å². The fourth-order valence-corrected chi connectivity index (χ4v) is 1.72. The van der Waals surface area contributed by atoms with E-state index < -0.39 is 10.8 Å². The van der Waals surface area contributed by atoms with Gasteiger partial charge in [0.1, 0.15) is 5.76 Å². The lowest BCUT2D eigenvalue weighted by Crippen LogP contribution is -2.24. The highest BCUT2D eigenvalue weighted by Gasteiger charge is 2.09. The zero-order valence-electron chi connectivity index (χ0n) is 9.19. The van der Waals surface area contributed by atoms with E-state index >= 15 is 0 Å². The van der Waals surface area contributed by atoms with Crippen LogP contribution in [-0.4, -0.2) is 28.7 Å².